The molecule has 1 heterocycles. The predicted molar refractivity (Wildman–Crippen MR) is 79.5 cm³/mol. The van der Waals surface area contributed by atoms with Crippen molar-refractivity contribution in [1.29, 1.82) is 0 Å². The number of hydrogen-bond donors (Lipinski definition) is 2. The number of fused-ring (bicyclic) bond motifs is 2. The van der Waals surface area contributed by atoms with Gasteiger partial charge in [0.05, 0.1) is 11.1 Å². The molecule has 1 aliphatic rings. The molecular weight excluding hydrogens is 250 g/mol. The van der Waals surface area contributed by atoms with E-state index in [1.54, 1.807) is 0 Å². The number of nitrogens with one attached hydrogen (secondary N) is 1. The molecule has 4 nitrogen and oxygen atoms in total. The maximum Gasteiger partial charge on any atom is 0.266 e. The van der Waals surface area contributed by atoms with Crippen molar-refractivity contribution < 1.29 is 4.79 Å². The van der Waals surface area contributed by atoms with Crippen molar-refractivity contribution in [2.45, 2.75) is 39.5 Å². The van der Waals surface area contributed by atoms with Crippen LogP contribution in [0, 0.1) is 13.8 Å². The van der Waals surface area contributed by atoms with E-state index in [4.69, 9.17) is 10.8 Å². The summed E-state index contributed by atoms with van der Waals surface area (Å²) in [7, 11) is 0. The van der Waals surface area contributed by atoms with E-state index < -0.39 is 0 Å². The van der Waals surface area contributed by atoms with Crippen LogP contribution in [0.5, 0.6) is 0 Å². The average molecular weight is 269 g/mol. The molecule has 4 heteroatoms. The third kappa shape index (κ3) is 1.96. The van der Waals surface area contributed by atoms with Crippen molar-refractivity contribution in [3.8, 4) is 0 Å². The van der Waals surface area contributed by atoms with Gasteiger partial charge in [-0.15, -0.1) is 0 Å². The predicted octanol–water partition coefficient (Wildman–Crippen LogP) is 2.33. The molecule has 2 aromatic rings. The third-order valence-corrected chi connectivity index (χ3v) is 4.24. The largest absolute Gasteiger partial charge is 0.290 e. The number of rotatable bonds is 1. The van der Waals surface area contributed by atoms with E-state index in [0.717, 1.165) is 53.4 Å². The molecule has 0 spiro atoms. The molecule has 20 heavy (non-hydrogen) atoms. The number of carbonyl (C=O) groups is 1. The van der Waals surface area contributed by atoms with Crippen LogP contribution in [-0.4, -0.2) is 10.9 Å². The highest BCUT2D eigenvalue weighted by molar-refractivity contribution is 6.07. The summed E-state index contributed by atoms with van der Waals surface area (Å²) in [5.74, 6) is 5.17. The maximum absolute atomic E-state index is 12.2. The van der Waals surface area contributed by atoms with E-state index >= 15 is 0 Å². The minimum absolute atomic E-state index is 0.209. The Morgan fingerprint density at radius 1 is 1.20 bits per heavy atom. The van der Waals surface area contributed by atoms with Crippen LogP contribution in [0.25, 0.3) is 10.9 Å². The number of aromatic nitrogens is 1. The van der Waals surface area contributed by atoms with E-state index in [2.05, 4.69) is 31.4 Å². The van der Waals surface area contributed by atoms with Gasteiger partial charge in [-0.1, -0.05) is 0 Å². The Bertz CT molecular complexity index is 707. The van der Waals surface area contributed by atoms with Gasteiger partial charge >= 0.3 is 0 Å². The molecule has 0 fully saturated rings. The first kappa shape index (κ1) is 13.1. The van der Waals surface area contributed by atoms with E-state index in [-0.39, 0.29) is 5.91 Å². The van der Waals surface area contributed by atoms with Crippen molar-refractivity contribution in [3.05, 3.63) is 40.1 Å². The first-order chi connectivity index (χ1) is 9.61. The molecule has 0 bridgehead atoms. The summed E-state index contributed by atoms with van der Waals surface area (Å²) in [5.41, 5.74) is 8.41. The zero-order chi connectivity index (χ0) is 14.3. The summed E-state index contributed by atoms with van der Waals surface area (Å²) in [6.07, 6.45) is 4.10. The van der Waals surface area contributed by atoms with Gasteiger partial charge in [0.15, 0.2) is 0 Å². The van der Waals surface area contributed by atoms with Crippen LogP contribution in [0.4, 0.5) is 0 Å². The van der Waals surface area contributed by atoms with Gasteiger partial charge in [0.2, 0.25) is 0 Å². The van der Waals surface area contributed by atoms with Crippen LogP contribution in [-0.2, 0) is 12.8 Å². The van der Waals surface area contributed by atoms with E-state index in [9.17, 15) is 4.79 Å². The Labute approximate surface area is 118 Å². The number of nitrogens with zero attached hydrogens (tertiary/aromatic N) is 1. The molecule has 1 aliphatic carbocycles. The Balaban J connectivity index is 2.39. The Kier molecular flexibility index (Phi) is 3.18. The lowest BCUT2D eigenvalue weighted by molar-refractivity contribution is 0.0954. The lowest BCUT2D eigenvalue weighted by Crippen LogP contribution is -2.32. The van der Waals surface area contributed by atoms with E-state index in [0.29, 0.717) is 0 Å². The SMILES string of the molecule is Cc1cc2nc3c(c(C(=O)NN)c2cc1C)CCCC3. The smallest absolute Gasteiger partial charge is 0.266 e. The number of pyridine rings is 1. The number of hydrogen-bond acceptors (Lipinski definition) is 3. The standard InChI is InChI=1S/C16H19N3O/c1-9-7-12-14(8-10(9)2)18-13-6-4-3-5-11(13)15(12)16(20)19-17/h7-8H,3-6,17H2,1-2H3,(H,19,20). The molecular formula is C16H19N3O. The lowest BCUT2D eigenvalue weighted by atomic mass is 9.88. The molecule has 104 valence electrons. The van der Waals surface area contributed by atoms with Gasteiger partial charge in [-0.05, 0) is 68.4 Å². The number of nitrogen functional groups attached to an aromatic ring is 1. The fraction of sp³-hybridized carbons (Fsp3) is 0.375. The number of carbonyl (C=O) groups excluding carboxylic acids is 1. The highest BCUT2D eigenvalue weighted by atomic mass is 16.2. The molecule has 3 rings (SSSR count). The quantitative estimate of drug-likeness (QED) is 0.474. The zero-order valence-corrected chi connectivity index (χ0v) is 11.9. The van der Waals surface area contributed by atoms with Gasteiger partial charge in [-0.25, -0.2) is 5.84 Å². The Hall–Kier alpha value is -1.94. The second kappa shape index (κ2) is 4.87. The number of amides is 1. The molecule has 0 radical (unpaired) electrons. The number of hydrazine groups is 1. The molecule has 1 aromatic heterocycles. The highest BCUT2D eigenvalue weighted by Crippen LogP contribution is 2.30. The molecule has 0 aliphatic heterocycles. The molecule has 0 saturated heterocycles. The summed E-state index contributed by atoms with van der Waals surface area (Å²) in [4.78, 5) is 17.0. The van der Waals surface area contributed by atoms with E-state index in [1.807, 2.05) is 0 Å². The summed E-state index contributed by atoms with van der Waals surface area (Å²) in [6, 6.07) is 4.12. The van der Waals surface area contributed by atoms with Crippen LogP contribution < -0.4 is 11.3 Å². The van der Waals surface area contributed by atoms with Gasteiger partial charge in [0, 0.05) is 11.1 Å². The van der Waals surface area contributed by atoms with E-state index in [1.165, 1.54) is 11.1 Å². The summed E-state index contributed by atoms with van der Waals surface area (Å²) in [6.45, 7) is 4.12. The second-order valence-corrected chi connectivity index (χ2v) is 5.55. The van der Waals surface area contributed by atoms with Crippen LogP contribution in [0.15, 0.2) is 12.1 Å². The number of benzene rings is 1. The molecule has 0 saturated carbocycles. The van der Waals surface area contributed by atoms with Crippen molar-refractivity contribution >= 4 is 16.8 Å². The highest BCUT2D eigenvalue weighted by Gasteiger charge is 2.22. The summed E-state index contributed by atoms with van der Waals surface area (Å²) in [5, 5.41) is 0.914. The van der Waals surface area contributed by atoms with Crippen LogP contribution in [0.3, 0.4) is 0 Å². The van der Waals surface area contributed by atoms with Gasteiger partial charge in [0.1, 0.15) is 0 Å². The minimum Gasteiger partial charge on any atom is -0.290 e. The fourth-order valence-corrected chi connectivity index (χ4v) is 3.02. The molecule has 0 atom stereocenters. The van der Waals surface area contributed by atoms with Gasteiger partial charge in [0.25, 0.3) is 5.91 Å². The minimum atomic E-state index is -0.209. The lowest BCUT2D eigenvalue weighted by Gasteiger charge is -2.20. The van der Waals surface area contributed by atoms with Crippen LogP contribution in [0.1, 0.15) is 45.6 Å². The first-order valence-corrected chi connectivity index (χ1v) is 7.05. The fourth-order valence-electron chi connectivity index (χ4n) is 3.02. The van der Waals surface area contributed by atoms with Crippen LogP contribution >= 0.6 is 0 Å². The van der Waals surface area contributed by atoms with Crippen molar-refractivity contribution in [2.75, 3.05) is 0 Å². The van der Waals surface area contributed by atoms with Crippen molar-refractivity contribution in [1.82, 2.24) is 10.4 Å². The maximum atomic E-state index is 12.2. The zero-order valence-electron chi connectivity index (χ0n) is 11.9. The molecule has 3 N–H and O–H groups in total. The topological polar surface area (TPSA) is 68.0 Å². The second-order valence-electron chi connectivity index (χ2n) is 5.55. The monoisotopic (exact) mass is 269 g/mol. The summed E-state index contributed by atoms with van der Waals surface area (Å²) < 4.78 is 0. The number of nitrogens with two attached hydrogens (primary N) is 1. The Morgan fingerprint density at radius 3 is 2.65 bits per heavy atom. The van der Waals surface area contributed by atoms with Crippen molar-refractivity contribution in [2.24, 2.45) is 5.84 Å². The average Bonchev–Trinajstić information content (AvgIpc) is 2.45. The molecule has 0 unspecified atom stereocenters. The van der Waals surface area contributed by atoms with Gasteiger partial charge in [-0.3, -0.25) is 15.2 Å². The van der Waals surface area contributed by atoms with Gasteiger partial charge < -0.3 is 0 Å². The molecule has 1 amide bonds. The first-order valence-electron chi connectivity index (χ1n) is 7.05. The number of aryl methyl sites for hydroxylation is 3. The summed E-state index contributed by atoms with van der Waals surface area (Å²) >= 11 is 0. The molecule has 1 aromatic carbocycles. The van der Waals surface area contributed by atoms with Crippen LogP contribution in [0.2, 0.25) is 0 Å². The normalized spacial score (nSPS) is 14.2. The van der Waals surface area contributed by atoms with Crippen molar-refractivity contribution in [3.63, 3.8) is 0 Å². The third-order valence-electron chi connectivity index (χ3n) is 4.24. The Morgan fingerprint density at radius 2 is 1.90 bits per heavy atom. The van der Waals surface area contributed by atoms with Gasteiger partial charge in [-0.2, -0.15) is 0 Å².